The van der Waals surface area contributed by atoms with Gasteiger partial charge in [-0.2, -0.15) is 5.26 Å². The van der Waals surface area contributed by atoms with E-state index < -0.39 is 11.9 Å². The summed E-state index contributed by atoms with van der Waals surface area (Å²) < 4.78 is 0.853. The lowest BCUT2D eigenvalue weighted by Crippen LogP contribution is -2.23. The zero-order valence-corrected chi connectivity index (χ0v) is 11.7. The van der Waals surface area contributed by atoms with Gasteiger partial charge in [-0.3, -0.25) is 4.79 Å². The van der Waals surface area contributed by atoms with Gasteiger partial charge in [-0.25, -0.2) is 0 Å². The van der Waals surface area contributed by atoms with E-state index in [0.29, 0.717) is 24.2 Å². The number of aliphatic carboxylic acids is 1. The smallest absolute Gasteiger partial charge is 0.308 e. The average molecular weight is 311 g/mol. The Labute approximate surface area is 115 Å². The first-order valence-electron chi connectivity index (χ1n) is 5.74. The van der Waals surface area contributed by atoms with Crippen LogP contribution >= 0.6 is 15.9 Å². The molecule has 5 heteroatoms. The minimum absolute atomic E-state index is 0.328. The van der Waals surface area contributed by atoms with Gasteiger partial charge in [0.05, 0.1) is 17.2 Å². The first kappa shape index (κ1) is 14.5. The minimum atomic E-state index is -0.808. The molecular weight excluding hydrogens is 296 g/mol. The highest BCUT2D eigenvalue weighted by atomic mass is 79.9. The molecule has 96 valence electrons. The van der Waals surface area contributed by atoms with Crippen LogP contribution in [0.1, 0.15) is 25.3 Å². The van der Waals surface area contributed by atoms with Gasteiger partial charge in [0.1, 0.15) is 6.07 Å². The molecule has 0 saturated carbocycles. The number of nitriles is 1. The van der Waals surface area contributed by atoms with Crippen molar-refractivity contribution in [3.63, 3.8) is 0 Å². The summed E-state index contributed by atoms with van der Waals surface area (Å²) in [4.78, 5) is 11.0. The number of nitrogens with zero attached hydrogens (tertiary/aromatic N) is 1. The molecule has 0 aliphatic carbocycles. The number of nitrogens with one attached hydrogen (secondary N) is 1. The maximum atomic E-state index is 11.0. The summed E-state index contributed by atoms with van der Waals surface area (Å²) in [7, 11) is 0. The van der Waals surface area contributed by atoms with E-state index in [0.717, 1.165) is 10.9 Å². The molecule has 1 aromatic rings. The molecule has 4 nitrogen and oxygen atoms in total. The summed E-state index contributed by atoms with van der Waals surface area (Å²) in [6, 6.07) is 7.34. The second-order valence-electron chi connectivity index (χ2n) is 4.01. The van der Waals surface area contributed by atoms with E-state index >= 15 is 0 Å². The first-order chi connectivity index (χ1) is 8.58. The van der Waals surface area contributed by atoms with E-state index in [1.54, 1.807) is 18.2 Å². The fraction of sp³-hybridized carbons (Fsp3) is 0.385. The largest absolute Gasteiger partial charge is 0.481 e. The molecule has 0 aliphatic heterocycles. The van der Waals surface area contributed by atoms with Crippen LogP contribution in [0, 0.1) is 17.2 Å². The Morgan fingerprint density at radius 1 is 1.61 bits per heavy atom. The molecule has 0 spiro atoms. The fourth-order valence-electron chi connectivity index (χ4n) is 1.65. The van der Waals surface area contributed by atoms with Crippen LogP contribution in [0.5, 0.6) is 0 Å². The number of carbonyl (C=O) groups is 1. The van der Waals surface area contributed by atoms with Gasteiger partial charge in [-0.1, -0.05) is 29.3 Å². The summed E-state index contributed by atoms with van der Waals surface area (Å²) in [6.45, 7) is 2.28. The van der Waals surface area contributed by atoms with Crippen LogP contribution in [0.15, 0.2) is 22.7 Å². The van der Waals surface area contributed by atoms with Crippen LogP contribution in [-0.2, 0) is 4.79 Å². The number of carboxylic acids is 1. The molecule has 0 amide bonds. The second kappa shape index (κ2) is 7.02. The lowest BCUT2D eigenvalue weighted by molar-refractivity contribution is -0.141. The van der Waals surface area contributed by atoms with Crippen molar-refractivity contribution in [3.05, 3.63) is 28.2 Å². The van der Waals surface area contributed by atoms with Crippen LogP contribution in [0.4, 0.5) is 5.69 Å². The normalized spacial score (nSPS) is 11.6. The topological polar surface area (TPSA) is 73.1 Å². The molecule has 1 atom stereocenters. The van der Waals surface area contributed by atoms with E-state index in [9.17, 15) is 4.79 Å². The first-order valence-corrected chi connectivity index (χ1v) is 6.54. The summed E-state index contributed by atoms with van der Waals surface area (Å²) in [5, 5.41) is 21.1. The summed E-state index contributed by atoms with van der Waals surface area (Å²) in [6.07, 6.45) is 1.44. The van der Waals surface area contributed by atoms with E-state index in [2.05, 4.69) is 27.3 Å². The van der Waals surface area contributed by atoms with E-state index in [-0.39, 0.29) is 0 Å². The van der Waals surface area contributed by atoms with Crippen molar-refractivity contribution < 1.29 is 9.90 Å². The predicted octanol–water partition coefficient (Wildman–Crippen LogP) is 3.23. The van der Waals surface area contributed by atoms with Gasteiger partial charge >= 0.3 is 5.97 Å². The third kappa shape index (κ3) is 4.04. The number of hydrogen-bond acceptors (Lipinski definition) is 3. The Hall–Kier alpha value is -1.54. The van der Waals surface area contributed by atoms with Crippen LogP contribution < -0.4 is 5.32 Å². The Morgan fingerprint density at radius 2 is 2.33 bits per heavy atom. The van der Waals surface area contributed by atoms with Gasteiger partial charge in [0.25, 0.3) is 0 Å². The molecule has 0 aliphatic rings. The Kier molecular flexibility index (Phi) is 5.66. The van der Waals surface area contributed by atoms with E-state index in [4.69, 9.17) is 10.4 Å². The van der Waals surface area contributed by atoms with E-state index in [1.807, 2.05) is 6.92 Å². The van der Waals surface area contributed by atoms with Gasteiger partial charge in [0.2, 0.25) is 0 Å². The van der Waals surface area contributed by atoms with Crippen molar-refractivity contribution >= 4 is 27.6 Å². The van der Waals surface area contributed by atoms with E-state index in [1.165, 1.54) is 0 Å². The minimum Gasteiger partial charge on any atom is -0.481 e. The summed E-state index contributed by atoms with van der Waals surface area (Å²) in [5.41, 5.74) is 1.17. The van der Waals surface area contributed by atoms with Crippen molar-refractivity contribution in [3.8, 4) is 6.07 Å². The Balaban J connectivity index is 2.75. The molecule has 0 radical (unpaired) electrons. The molecule has 18 heavy (non-hydrogen) atoms. The fourth-order valence-corrected chi connectivity index (χ4v) is 2.02. The SMILES string of the molecule is CCCC(CNc1cc(Br)ccc1C#N)C(=O)O. The predicted molar refractivity (Wildman–Crippen MR) is 73.4 cm³/mol. The maximum Gasteiger partial charge on any atom is 0.308 e. The standard InChI is InChI=1S/C13H15BrN2O2/c1-2-3-10(13(17)18)8-16-12-6-11(14)5-4-9(12)7-15/h4-6,10,16H,2-3,8H2,1H3,(H,17,18). The molecule has 0 fully saturated rings. The van der Waals surface area contributed by atoms with Crippen LogP contribution in [0.3, 0.4) is 0 Å². The molecule has 0 heterocycles. The van der Waals surface area contributed by atoms with Crippen molar-refractivity contribution in [1.82, 2.24) is 0 Å². The Morgan fingerprint density at radius 3 is 2.89 bits per heavy atom. The number of anilines is 1. The maximum absolute atomic E-state index is 11.0. The summed E-state index contributed by atoms with van der Waals surface area (Å²) in [5.74, 6) is -1.24. The molecule has 1 rings (SSSR count). The molecule has 0 aromatic heterocycles. The van der Waals surface area contributed by atoms with Gasteiger partial charge in [-0.15, -0.1) is 0 Å². The van der Waals surface area contributed by atoms with Crippen LogP contribution in [0.2, 0.25) is 0 Å². The van der Waals surface area contributed by atoms with Gasteiger partial charge in [0.15, 0.2) is 0 Å². The zero-order valence-electron chi connectivity index (χ0n) is 10.1. The van der Waals surface area contributed by atoms with Crippen molar-refractivity contribution in [2.75, 3.05) is 11.9 Å². The number of carboxylic acid groups (broad SMARTS) is 1. The lowest BCUT2D eigenvalue weighted by Gasteiger charge is -2.14. The average Bonchev–Trinajstić information content (AvgIpc) is 2.34. The van der Waals surface area contributed by atoms with Gasteiger partial charge in [0, 0.05) is 11.0 Å². The van der Waals surface area contributed by atoms with Gasteiger partial charge in [-0.05, 0) is 24.6 Å². The Bertz CT molecular complexity index is 469. The van der Waals surface area contributed by atoms with Crippen LogP contribution in [0.25, 0.3) is 0 Å². The quantitative estimate of drug-likeness (QED) is 0.846. The molecular formula is C13H15BrN2O2. The molecule has 1 aromatic carbocycles. The third-order valence-corrected chi connectivity index (χ3v) is 3.12. The van der Waals surface area contributed by atoms with Crippen molar-refractivity contribution in [2.24, 2.45) is 5.92 Å². The highest BCUT2D eigenvalue weighted by molar-refractivity contribution is 9.10. The monoisotopic (exact) mass is 310 g/mol. The molecule has 0 bridgehead atoms. The van der Waals surface area contributed by atoms with Crippen LogP contribution in [-0.4, -0.2) is 17.6 Å². The highest BCUT2D eigenvalue weighted by Gasteiger charge is 2.16. The van der Waals surface area contributed by atoms with Crippen molar-refractivity contribution in [1.29, 1.82) is 5.26 Å². The molecule has 1 unspecified atom stereocenters. The lowest BCUT2D eigenvalue weighted by atomic mass is 10.0. The number of benzene rings is 1. The zero-order chi connectivity index (χ0) is 13.5. The number of rotatable bonds is 6. The molecule has 2 N–H and O–H groups in total. The van der Waals surface area contributed by atoms with Crippen molar-refractivity contribution in [2.45, 2.75) is 19.8 Å². The molecule has 0 saturated heterocycles. The van der Waals surface area contributed by atoms with Gasteiger partial charge < -0.3 is 10.4 Å². The second-order valence-corrected chi connectivity index (χ2v) is 4.92. The highest BCUT2D eigenvalue weighted by Crippen LogP contribution is 2.21. The number of halogens is 1. The number of hydrogen-bond donors (Lipinski definition) is 2. The summed E-state index contributed by atoms with van der Waals surface area (Å²) >= 11 is 3.33. The third-order valence-electron chi connectivity index (χ3n) is 2.63.